The van der Waals surface area contributed by atoms with E-state index in [0.29, 0.717) is 22.5 Å². The van der Waals surface area contributed by atoms with Crippen molar-refractivity contribution < 1.29 is 17.4 Å². The van der Waals surface area contributed by atoms with Crippen LogP contribution in [0.25, 0.3) is 33.4 Å². The van der Waals surface area contributed by atoms with Gasteiger partial charge in [-0.1, -0.05) is 91.0 Å². The zero-order chi connectivity index (χ0) is 48.9. The van der Waals surface area contributed by atoms with Crippen LogP contribution in [0.15, 0.2) is 177 Å². The molecule has 0 fully saturated rings. The van der Waals surface area contributed by atoms with Gasteiger partial charge in [-0.2, -0.15) is 4.58 Å². The minimum absolute atomic E-state index is 0.261. The summed E-state index contributed by atoms with van der Waals surface area (Å²) >= 11 is 3.78. The highest BCUT2D eigenvalue weighted by Crippen LogP contribution is 2.44. The summed E-state index contributed by atoms with van der Waals surface area (Å²) in [4.78, 5) is 4.71. The van der Waals surface area contributed by atoms with Crippen LogP contribution in [-0.4, -0.2) is 63.7 Å². The van der Waals surface area contributed by atoms with Crippen LogP contribution in [0.2, 0.25) is 0 Å². The molecule has 0 spiro atoms. The van der Waals surface area contributed by atoms with Crippen molar-refractivity contribution in [2.75, 3.05) is 55.7 Å². The number of benzene rings is 7. The lowest BCUT2D eigenvalue weighted by molar-refractivity contribution is 0.463. The predicted molar refractivity (Wildman–Crippen MR) is 293 cm³/mol. The number of hydrogen-bond acceptors (Lipinski definition) is 9. The Morgan fingerprint density at radius 2 is 1.16 bits per heavy atom. The van der Waals surface area contributed by atoms with E-state index in [4.69, 9.17) is 4.42 Å². The molecular formula is C59H64N4O4S3. The van der Waals surface area contributed by atoms with E-state index < -0.39 is 10.1 Å². The van der Waals surface area contributed by atoms with E-state index in [2.05, 4.69) is 169 Å². The fraction of sp³-hybridized carbons (Fsp3) is 0.271. The third-order valence-electron chi connectivity index (χ3n) is 12.6. The number of nitrogens with one attached hydrogen (secondary N) is 2. The first-order valence-corrected chi connectivity index (χ1v) is 27.8. The highest BCUT2D eigenvalue weighted by Gasteiger charge is 2.25. The van der Waals surface area contributed by atoms with Gasteiger partial charge in [0.1, 0.15) is 21.5 Å². The van der Waals surface area contributed by atoms with Gasteiger partial charge in [0.25, 0.3) is 0 Å². The van der Waals surface area contributed by atoms with E-state index in [1.54, 1.807) is 18.2 Å². The van der Waals surface area contributed by atoms with Gasteiger partial charge in [-0.15, -0.1) is 23.5 Å². The molecule has 1 heterocycles. The van der Waals surface area contributed by atoms with E-state index >= 15 is 0 Å². The summed E-state index contributed by atoms with van der Waals surface area (Å²) in [7, 11) is -4.83. The average molecular weight is 989 g/mol. The number of para-hydroxylation sites is 2. The number of fused-ring (bicyclic) bond motifs is 2. The molecule has 0 aromatic heterocycles. The molecule has 0 unspecified atom stereocenters. The summed E-state index contributed by atoms with van der Waals surface area (Å²) in [6.45, 7) is 13.8. The zero-order valence-electron chi connectivity index (χ0n) is 40.7. The molecule has 8 rings (SSSR count). The van der Waals surface area contributed by atoms with Crippen LogP contribution in [0, 0.1) is 27.7 Å². The first-order chi connectivity index (χ1) is 34.1. The lowest BCUT2D eigenvalue weighted by Crippen LogP contribution is -2.30. The minimum atomic E-state index is -4.83. The molecule has 0 amide bonds. The van der Waals surface area contributed by atoms with E-state index in [1.807, 2.05) is 35.7 Å². The molecule has 6 aromatic rings. The largest absolute Gasteiger partial charge is 0.744 e. The van der Waals surface area contributed by atoms with Crippen molar-refractivity contribution in [2.24, 2.45) is 0 Å². The van der Waals surface area contributed by atoms with E-state index in [0.717, 1.165) is 110 Å². The Morgan fingerprint density at radius 1 is 0.586 bits per heavy atom. The molecule has 362 valence electrons. The summed E-state index contributed by atoms with van der Waals surface area (Å²) in [5.41, 5.74) is 10.3. The number of anilines is 2. The number of nitrogens with zero attached hydrogens (tertiary/aromatic N) is 2. The molecule has 0 atom stereocenters. The first kappa shape index (κ1) is 50.7. The molecule has 2 aliphatic rings. The third-order valence-corrected chi connectivity index (χ3v) is 15.7. The zero-order valence-corrected chi connectivity index (χ0v) is 43.2. The standard InChI is InChI=1S/C59H64N4O4S3/c1-43-19-13-20-44(2)58(43)62(37-15-33-60-35-17-39-68-49-23-7-5-8-24-49)47-29-31-51-54(41-47)67-55-42-48(30-32-52(55)57(51)53-27-11-12-28-56(53)70(64,65)66)63(59-45(3)21-14-22-46(59)4)38-16-34-61-36-18-40-69-50-25-9-6-10-26-50/h5-14,19-32,41-42,60-61H,15-18,33-40H2,1-4H3. The Labute approximate surface area is 423 Å². The lowest BCUT2D eigenvalue weighted by Gasteiger charge is -2.29. The monoisotopic (exact) mass is 988 g/mol. The van der Waals surface area contributed by atoms with Crippen molar-refractivity contribution in [3.8, 4) is 22.5 Å². The highest BCUT2D eigenvalue weighted by atomic mass is 32.2. The molecular weight excluding hydrogens is 925 g/mol. The lowest BCUT2D eigenvalue weighted by atomic mass is 9.93. The molecule has 70 heavy (non-hydrogen) atoms. The minimum Gasteiger partial charge on any atom is -0.744 e. The van der Waals surface area contributed by atoms with Gasteiger partial charge >= 0.3 is 0 Å². The van der Waals surface area contributed by atoms with E-state index in [9.17, 15) is 13.0 Å². The predicted octanol–water partition coefficient (Wildman–Crippen LogP) is 12.9. The summed E-state index contributed by atoms with van der Waals surface area (Å²) < 4.78 is 48.2. The van der Waals surface area contributed by atoms with Crippen LogP contribution in [-0.2, 0) is 10.1 Å². The smallest absolute Gasteiger partial charge is 0.211 e. The topological polar surface area (TPSA) is 101 Å². The van der Waals surface area contributed by atoms with Crippen molar-refractivity contribution in [3.63, 3.8) is 0 Å². The summed E-state index contributed by atoms with van der Waals surface area (Å²) in [6, 6.07) is 52.8. The van der Waals surface area contributed by atoms with Crippen molar-refractivity contribution in [1.82, 2.24) is 15.2 Å². The maximum absolute atomic E-state index is 12.9. The number of hydrogen-bond donors (Lipinski definition) is 2. The maximum atomic E-state index is 12.9. The fourth-order valence-corrected chi connectivity index (χ4v) is 11.8. The first-order valence-electron chi connectivity index (χ1n) is 24.4. The van der Waals surface area contributed by atoms with Crippen molar-refractivity contribution in [3.05, 3.63) is 185 Å². The quantitative estimate of drug-likeness (QED) is 0.0213. The molecule has 2 N–H and O–H groups in total. The molecule has 0 saturated carbocycles. The SMILES string of the molecule is Cc1cccc(C)c1N(CCCNCCCSc1ccccc1)c1ccc2c(-c3ccccc3S(=O)(=O)[O-])c3ccc(=[N+](CCCNCCCSc4ccccc4)c4c(C)cccc4C)cc-3oc2c1. The van der Waals surface area contributed by atoms with E-state index in [-0.39, 0.29) is 4.90 Å². The Kier molecular flexibility index (Phi) is 17.7. The second kappa shape index (κ2) is 24.4. The van der Waals surface area contributed by atoms with Crippen LogP contribution in [0.5, 0.6) is 0 Å². The second-order valence-corrected chi connectivity index (χ2v) is 21.5. The van der Waals surface area contributed by atoms with Crippen molar-refractivity contribution >= 4 is 61.7 Å². The normalized spacial score (nSPS) is 12.2. The van der Waals surface area contributed by atoms with Gasteiger partial charge in [0.15, 0.2) is 6.54 Å². The van der Waals surface area contributed by atoms with Gasteiger partial charge in [-0.05, 0) is 138 Å². The van der Waals surface area contributed by atoms with Crippen LogP contribution in [0.4, 0.5) is 17.1 Å². The van der Waals surface area contributed by atoms with Crippen LogP contribution in [0.3, 0.4) is 0 Å². The van der Waals surface area contributed by atoms with Gasteiger partial charge in [0.05, 0.1) is 11.0 Å². The van der Waals surface area contributed by atoms with Gasteiger partial charge in [0, 0.05) is 86.0 Å². The van der Waals surface area contributed by atoms with Crippen molar-refractivity contribution in [2.45, 2.75) is 68.1 Å². The van der Waals surface area contributed by atoms with Gasteiger partial charge < -0.3 is 24.5 Å². The molecule has 1 aliphatic carbocycles. The molecule has 0 radical (unpaired) electrons. The molecule has 8 nitrogen and oxygen atoms in total. The Morgan fingerprint density at radius 3 is 1.79 bits per heavy atom. The Hall–Kier alpha value is -5.66. The average Bonchev–Trinajstić information content (AvgIpc) is 3.36. The third kappa shape index (κ3) is 12.8. The van der Waals surface area contributed by atoms with Gasteiger partial charge in [-0.3, -0.25) is 0 Å². The molecule has 0 saturated heterocycles. The molecule has 1 aliphatic heterocycles. The van der Waals surface area contributed by atoms with Gasteiger partial charge in [0.2, 0.25) is 11.0 Å². The van der Waals surface area contributed by atoms with Gasteiger partial charge in [-0.25, -0.2) is 8.42 Å². The molecule has 11 heteroatoms. The summed E-state index contributed by atoms with van der Waals surface area (Å²) in [5, 5.41) is 9.03. The summed E-state index contributed by atoms with van der Waals surface area (Å²) in [6.07, 6.45) is 3.98. The molecule has 6 aromatic carbocycles. The molecule has 0 bridgehead atoms. The number of rotatable bonds is 23. The maximum Gasteiger partial charge on any atom is 0.211 e. The van der Waals surface area contributed by atoms with Crippen molar-refractivity contribution in [1.29, 1.82) is 0 Å². The number of aryl methyl sites for hydroxylation is 4. The Balaban J connectivity index is 1.15. The summed E-state index contributed by atoms with van der Waals surface area (Å²) in [5.74, 6) is 2.71. The Bertz CT molecular complexity index is 3120. The van der Waals surface area contributed by atoms with E-state index in [1.165, 1.54) is 38.1 Å². The highest BCUT2D eigenvalue weighted by molar-refractivity contribution is 7.99. The van der Waals surface area contributed by atoms with Crippen LogP contribution < -0.4 is 25.5 Å². The van der Waals surface area contributed by atoms with Crippen LogP contribution in [0.1, 0.15) is 47.9 Å². The second-order valence-electron chi connectivity index (χ2n) is 17.8. The fourth-order valence-electron chi connectivity index (χ4n) is 9.37. The number of thioether (sulfide) groups is 2. The van der Waals surface area contributed by atoms with Crippen LogP contribution >= 0.6 is 23.5 Å².